The predicted octanol–water partition coefficient (Wildman–Crippen LogP) is 1.74. The SMILES string of the molecule is CN(C(=O)C1CCN(c2ccc(C#N)cn2)CC1)C1CSC1. The predicted molar refractivity (Wildman–Crippen MR) is 87.8 cm³/mol. The van der Waals surface area contributed by atoms with Crippen molar-refractivity contribution in [2.75, 3.05) is 36.5 Å². The van der Waals surface area contributed by atoms with Gasteiger partial charge in [-0.15, -0.1) is 0 Å². The van der Waals surface area contributed by atoms with Crippen LogP contribution in [0.4, 0.5) is 5.82 Å². The molecule has 0 aliphatic carbocycles. The zero-order chi connectivity index (χ0) is 15.5. The maximum atomic E-state index is 12.5. The van der Waals surface area contributed by atoms with E-state index in [9.17, 15) is 4.79 Å². The number of pyridine rings is 1. The Morgan fingerprint density at radius 2 is 2.14 bits per heavy atom. The van der Waals surface area contributed by atoms with Crippen LogP contribution in [-0.4, -0.2) is 53.5 Å². The van der Waals surface area contributed by atoms with Gasteiger partial charge >= 0.3 is 0 Å². The van der Waals surface area contributed by atoms with Crippen molar-refractivity contribution < 1.29 is 4.79 Å². The Morgan fingerprint density at radius 3 is 2.64 bits per heavy atom. The van der Waals surface area contributed by atoms with Gasteiger partial charge in [-0.25, -0.2) is 4.98 Å². The molecule has 1 aromatic rings. The number of amides is 1. The fraction of sp³-hybridized carbons (Fsp3) is 0.562. The number of piperidine rings is 1. The van der Waals surface area contributed by atoms with Crippen molar-refractivity contribution in [3.63, 3.8) is 0 Å². The molecule has 2 saturated heterocycles. The second kappa shape index (κ2) is 6.57. The van der Waals surface area contributed by atoms with Gasteiger partial charge in [0.25, 0.3) is 0 Å². The maximum absolute atomic E-state index is 12.5. The summed E-state index contributed by atoms with van der Waals surface area (Å²) in [5.74, 6) is 3.50. The summed E-state index contributed by atoms with van der Waals surface area (Å²) < 4.78 is 0. The lowest BCUT2D eigenvalue weighted by Gasteiger charge is -2.38. The molecule has 22 heavy (non-hydrogen) atoms. The number of carbonyl (C=O) groups is 1. The van der Waals surface area contributed by atoms with Crippen molar-refractivity contribution in [3.05, 3.63) is 23.9 Å². The summed E-state index contributed by atoms with van der Waals surface area (Å²) in [5, 5.41) is 8.81. The largest absolute Gasteiger partial charge is 0.357 e. The number of hydrogen-bond donors (Lipinski definition) is 0. The van der Waals surface area contributed by atoms with Gasteiger partial charge in [0.15, 0.2) is 0 Å². The van der Waals surface area contributed by atoms with Crippen molar-refractivity contribution in [3.8, 4) is 6.07 Å². The molecule has 1 aromatic heterocycles. The first kappa shape index (κ1) is 15.2. The second-order valence-electron chi connectivity index (χ2n) is 5.92. The summed E-state index contributed by atoms with van der Waals surface area (Å²) in [5.41, 5.74) is 0.578. The normalized spacial score (nSPS) is 19.4. The van der Waals surface area contributed by atoms with Crippen molar-refractivity contribution >= 4 is 23.5 Å². The van der Waals surface area contributed by atoms with Crippen LogP contribution in [0, 0.1) is 17.2 Å². The first-order valence-corrected chi connectivity index (χ1v) is 8.80. The molecule has 116 valence electrons. The first-order chi connectivity index (χ1) is 10.7. The lowest BCUT2D eigenvalue weighted by molar-refractivity contribution is -0.136. The van der Waals surface area contributed by atoms with Crippen LogP contribution < -0.4 is 4.90 Å². The van der Waals surface area contributed by atoms with Crippen molar-refractivity contribution in [1.82, 2.24) is 9.88 Å². The topological polar surface area (TPSA) is 60.2 Å². The van der Waals surface area contributed by atoms with Gasteiger partial charge in [-0.3, -0.25) is 4.79 Å². The Morgan fingerprint density at radius 1 is 1.41 bits per heavy atom. The zero-order valence-electron chi connectivity index (χ0n) is 12.7. The quantitative estimate of drug-likeness (QED) is 0.850. The summed E-state index contributed by atoms with van der Waals surface area (Å²) in [7, 11) is 1.95. The summed E-state index contributed by atoms with van der Waals surface area (Å²) in [4.78, 5) is 21.0. The Labute approximate surface area is 135 Å². The number of carbonyl (C=O) groups excluding carboxylic acids is 1. The first-order valence-electron chi connectivity index (χ1n) is 7.64. The Hall–Kier alpha value is -1.74. The molecule has 5 nitrogen and oxygen atoms in total. The standard InChI is InChI=1S/C16H20N4OS/c1-19(14-10-22-11-14)16(21)13-4-6-20(7-5-13)15-3-2-12(8-17)9-18-15/h2-3,9,13-14H,4-7,10-11H2,1H3. The van der Waals surface area contributed by atoms with Crippen LogP contribution >= 0.6 is 11.8 Å². The molecular formula is C16H20N4OS. The third kappa shape index (κ3) is 3.05. The highest BCUT2D eigenvalue weighted by molar-refractivity contribution is 8.00. The lowest BCUT2D eigenvalue weighted by atomic mass is 9.95. The van der Waals surface area contributed by atoms with E-state index in [2.05, 4.69) is 16.0 Å². The van der Waals surface area contributed by atoms with Crippen molar-refractivity contribution in [2.45, 2.75) is 18.9 Å². The molecule has 2 aliphatic heterocycles. The van der Waals surface area contributed by atoms with E-state index in [1.165, 1.54) is 0 Å². The highest BCUT2D eigenvalue weighted by atomic mass is 32.2. The molecule has 0 aromatic carbocycles. The van der Waals surface area contributed by atoms with Crippen LogP contribution in [0.5, 0.6) is 0 Å². The van der Waals surface area contributed by atoms with Gasteiger partial charge in [-0.05, 0) is 25.0 Å². The molecular weight excluding hydrogens is 296 g/mol. The lowest BCUT2D eigenvalue weighted by Crippen LogP contribution is -2.49. The minimum Gasteiger partial charge on any atom is -0.357 e. The third-order valence-corrected chi connectivity index (χ3v) is 5.80. The highest BCUT2D eigenvalue weighted by Crippen LogP contribution is 2.27. The van der Waals surface area contributed by atoms with E-state index in [1.54, 1.807) is 12.3 Å². The molecule has 3 heterocycles. The van der Waals surface area contributed by atoms with E-state index in [1.807, 2.05) is 29.8 Å². The third-order valence-electron chi connectivity index (χ3n) is 4.56. The maximum Gasteiger partial charge on any atom is 0.225 e. The molecule has 0 unspecified atom stereocenters. The van der Waals surface area contributed by atoms with Gasteiger partial charge in [-0.2, -0.15) is 17.0 Å². The number of aromatic nitrogens is 1. The van der Waals surface area contributed by atoms with Crippen LogP contribution in [0.25, 0.3) is 0 Å². The van der Waals surface area contributed by atoms with Crippen LogP contribution in [0.15, 0.2) is 18.3 Å². The summed E-state index contributed by atoms with van der Waals surface area (Å²) >= 11 is 1.90. The summed E-state index contributed by atoms with van der Waals surface area (Å²) in [6.45, 7) is 1.70. The zero-order valence-corrected chi connectivity index (χ0v) is 13.6. The van der Waals surface area contributed by atoms with Crippen LogP contribution in [0.2, 0.25) is 0 Å². The van der Waals surface area contributed by atoms with Gasteiger partial charge in [0.1, 0.15) is 11.9 Å². The van der Waals surface area contributed by atoms with E-state index in [0.717, 1.165) is 43.3 Å². The van der Waals surface area contributed by atoms with E-state index in [4.69, 9.17) is 5.26 Å². The molecule has 2 aliphatic rings. The van der Waals surface area contributed by atoms with E-state index >= 15 is 0 Å². The smallest absolute Gasteiger partial charge is 0.225 e. The number of nitriles is 1. The molecule has 0 radical (unpaired) electrons. The minimum absolute atomic E-state index is 0.144. The molecule has 0 bridgehead atoms. The number of anilines is 1. The number of rotatable bonds is 3. The molecule has 0 spiro atoms. The molecule has 0 atom stereocenters. The Kier molecular flexibility index (Phi) is 4.53. The Balaban J connectivity index is 1.55. The van der Waals surface area contributed by atoms with Crippen molar-refractivity contribution in [2.24, 2.45) is 5.92 Å². The monoisotopic (exact) mass is 316 g/mol. The summed E-state index contributed by atoms with van der Waals surface area (Å²) in [6.07, 6.45) is 3.37. The molecule has 0 N–H and O–H groups in total. The average Bonchev–Trinajstić information content (AvgIpc) is 2.53. The fourth-order valence-corrected chi connectivity index (χ4v) is 3.80. The van der Waals surface area contributed by atoms with E-state index in [-0.39, 0.29) is 5.92 Å². The highest BCUT2D eigenvalue weighted by Gasteiger charge is 2.32. The molecule has 0 saturated carbocycles. The van der Waals surface area contributed by atoms with E-state index in [0.29, 0.717) is 17.5 Å². The van der Waals surface area contributed by atoms with Crippen LogP contribution in [0.1, 0.15) is 18.4 Å². The number of thioether (sulfide) groups is 1. The molecule has 3 rings (SSSR count). The number of nitrogens with zero attached hydrogens (tertiary/aromatic N) is 4. The van der Waals surface area contributed by atoms with Gasteiger partial charge in [0.2, 0.25) is 5.91 Å². The Bertz CT molecular complexity index is 571. The number of hydrogen-bond acceptors (Lipinski definition) is 5. The molecule has 6 heteroatoms. The second-order valence-corrected chi connectivity index (χ2v) is 6.99. The van der Waals surface area contributed by atoms with Gasteiger partial charge in [0.05, 0.1) is 5.56 Å². The summed E-state index contributed by atoms with van der Waals surface area (Å²) in [6, 6.07) is 6.20. The van der Waals surface area contributed by atoms with Gasteiger partial charge < -0.3 is 9.80 Å². The molecule has 1 amide bonds. The van der Waals surface area contributed by atoms with Gasteiger partial charge in [-0.1, -0.05) is 0 Å². The minimum atomic E-state index is 0.144. The van der Waals surface area contributed by atoms with Gasteiger partial charge in [0, 0.05) is 49.8 Å². The fourth-order valence-electron chi connectivity index (χ4n) is 2.91. The van der Waals surface area contributed by atoms with E-state index < -0.39 is 0 Å². The van der Waals surface area contributed by atoms with Crippen LogP contribution in [0.3, 0.4) is 0 Å². The molecule has 2 fully saturated rings. The van der Waals surface area contributed by atoms with Crippen molar-refractivity contribution in [1.29, 1.82) is 5.26 Å². The average molecular weight is 316 g/mol. The van der Waals surface area contributed by atoms with Crippen LogP contribution in [-0.2, 0) is 4.79 Å².